The third-order valence-corrected chi connectivity index (χ3v) is 6.06. The Kier molecular flexibility index (Phi) is 4.50. The lowest BCUT2D eigenvalue weighted by Gasteiger charge is -2.18. The first-order chi connectivity index (χ1) is 12.2. The first-order valence-electron chi connectivity index (χ1n) is 7.71. The predicted molar refractivity (Wildman–Crippen MR) is 102 cm³/mol. The molecule has 126 valence electrons. The van der Waals surface area contributed by atoms with Gasteiger partial charge < -0.3 is 10.1 Å². The van der Waals surface area contributed by atoms with Crippen LogP contribution < -0.4 is 10.1 Å². The number of Topliss-reactive ketones (excluding diaryl/α,β-unsaturated/α-hetero) is 1. The zero-order valence-electron chi connectivity index (χ0n) is 13.2. The highest BCUT2D eigenvalue weighted by Gasteiger charge is 2.19. The maximum atomic E-state index is 12.5. The van der Waals surface area contributed by atoms with Crippen LogP contribution in [0, 0.1) is 0 Å². The average Bonchev–Trinajstić information content (AvgIpc) is 2.65. The monoisotopic (exact) mass is 370 g/mol. The van der Waals surface area contributed by atoms with Gasteiger partial charge in [0.1, 0.15) is 10.1 Å². The number of nitrogens with zero attached hydrogens (tertiary/aromatic N) is 1. The molecule has 0 fully saturated rings. The molecule has 5 nitrogen and oxygen atoms in total. The standard InChI is InChI=1S/C18H14N2O3S2/c21-15(11-5-6-16-14(7-11)19-17(22)8-23-16)10-25-18-20-13-4-2-1-3-12(13)9-24-18/h1-7H,8-10H2,(H,19,22). The van der Waals surface area contributed by atoms with Crippen LogP contribution in [-0.4, -0.2) is 28.4 Å². The maximum absolute atomic E-state index is 12.5. The van der Waals surface area contributed by atoms with Crippen molar-refractivity contribution in [1.29, 1.82) is 0 Å². The van der Waals surface area contributed by atoms with Crippen molar-refractivity contribution in [3.8, 4) is 5.75 Å². The van der Waals surface area contributed by atoms with Gasteiger partial charge in [-0.2, -0.15) is 0 Å². The van der Waals surface area contributed by atoms with E-state index in [9.17, 15) is 9.59 Å². The van der Waals surface area contributed by atoms with Gasteiger partial charge in [-0.1, -0.05) is 41.7 Å². The van der Waals surface area contributed by atoms with E-state index >= 15 is 0 Å². The summed E-state index contributed by atoms with van der Waals surface area (Å²) in [5.74, 6) is 1.56. The number of ketones is 1. The van der Waals surface area contributed by atoms with E-state index < -0.39 is 0 Å². The number of hydrogen-bond donors (Lipinski definition) is 1. The van der Waals surface area contributed by atoms with Crippen LogP contribution in [0.15, 0.2) is 47.5 Å². The largest absolute Gasteiger partial charge is 0.482 e. The Balaban J connectivity index is 1.44. The fraction of sp³-hybridized carbons (Fsp3) is 0.167. The number of aliphatic imine (C=N–C) groups is 1. The minimum absolute atomic E-state index is 0.00483. The Hall–Kier alpha value is -2.25. The molecule has 0 aromatic heterocycles. The van der Waals surface area contributed by atoms with Crippen LogP contribution in [0.2, 0.25) is 0 Å². The van der Waals surface area contributed by atoms with Gasteiger partial charge in [0.25, 0.3) is 5.91 Å². The second-order valence-electron chi connectivity index (χ2n) is 5.55. The van der Waals surface area contributed by atoms with E-state index in [1.54, 1.807) is 30.0 Å². The van der Waals surface area contributed by atoms with Gasteiger partial charge >= 0.3 is 0 Å². The molecule has 0 aliphatic carbocycles. The fourth-order valence-corrected chi connectivity index (χ4v) is 4.51. The maximum Gasteiger partial charge on any atom is 0.262 e. The molecule has 2 aromatic rings. The van der Waals surface area contributed by atoms with E-state index in [-0.39, 0.29) is 18.3 Å². The molecule has 4 rings (SSSR count). The predicted octanol–water partition coefficient (Wildman–Crippen LogP) is 3.87. The number of hydrogen-bond acceptors (Lipinski definition) is 6. The van der Waals surface area contributed by atoms with Crippen molar-refractivity contribution in [1.82, 2.24) is 0 Å². The quantitative estimate of drug-likeness (QED) is 0.831. The van der Waals surface area contributed by atoms with Crippen molar-refractivity contribution >= 4 is 51.0 Å². The van der Waals surface area contributed by atoms with Crippen LogP contribution in [-0.2, 0) is 10.5 Å². The van der Waals surface area contributed by atoms with Gasteiger partial charge in [0.05, 0.1) is 17.1 Å². The van der Waals surface area contributed by atoms with Crippen LogP contribution in [0.4, 0.5) is 11.4 Å². The number of thioether (sulfide) groups is 2. The highest BCUT2D eigenvalue weighted by atomic mass is 32.2. The van der Waals surface area contributed by atoms with Crippen molar-refractivity contribution in [2.24, 2.45) is 4.99 Å². The second kappa shape index (κ2) is 6.93. The number of fused-ring (bicyclic) bond motifs is 2. The number of benzene rings is 2. The molecule has 2 aliphatic rings. The van der Waals surface area contributed by atoms with Crippen LogP contribution in [0.5, 0.6) is 5.75 Å². The number of anilines is 1. The number of carbonyl (C=O) groups excluding carboxylic acids is 2. The van der Waals surface area contributed by atoms with Gasteiger partial charge in [-0.15, -0.1) is 0 Å². The van der Waals surface area contributed by atoms with Gasteiger partial charge in [0, 0.05) is 11.3 Å². The average molecular weight is 370 g/mol. The molecule has 2 heterocycles. The van der Waals surface area contributed by atoms with Gasteiger partial charge in [-0.25, -0.2) is 4.99 Å². The molecule has 2 aromatic carbocycles. The number of para-hydroxylation sites is 1. The van der Waals surface area contributed by atoms with E-state index in [1.165, 1.54) is 17.3 Å². The zero-order valence-corrected chi connectivity index (χ0v) is 14.8. The topological polar surface area (TPSA) is 67.8 Å². The van der Waals surface area contributed by atoms with Crippen LogP contribution in [0.25, 0.3) is 0 Å². The molecule has 0 saturated heterocycles. The molecule has 25 heavy (non-hydrogen) atoms. The van der Waals surface area contributed by atoms with E-state index in [0.717, 1.165) is 15.8 Å². The molecule has 0 atom stereocenters. The van der Waals surface area contributed by atoms with Crippen molar-refractivity contribution in [2.45, 2.75) is 5.75 Å². The van der Waals surface area contributed by atoms with E-state index in [0.29, 0.717) is 22.8 Å². The molecule has 1 amide bonds. The lowest BCUT2D eigenvalue weighted by Crippen LogP contribution is -2.25. The molecule has 7 heteroatoms. The summed E-state index contributed by atoms with van der Waals surface area (Å²) in [6.07, 6.45) is 0. The first kappa shape index (κ1) is 16.2. The minimum atomic E-state index is -0.210. The third kappa shape index (κ3) is 3.57. The number of carbonyl (C=O) groups is 2. The Morgan fingerprint density at radius 3 is 3.08 bits per heavy atom. The van der Waals surface area contributed by atoms with Gasteiger partial charge in [-0.05, 0) is 29.8 Å². The second-order valence-corrected chi connectivity index (χ2v) is 7.74. The van der Waals surface area contributed by atoms with Crippen LogP contribution >= 0.6 is 23.5 Å². The molecule has 0 bridgehead atoms. The normalized spacial score (nSPS) is 15.4. The summed E-state index contributed by atoms with van der Waals surface area (Å²) in [7, 11) is 0. The number of rotatable bonds is 3. The fourth-order valence-electron chi connectivity index (χ4n) is 2.55. The summed E-state index contributed by atoms with van der Waals surface area (Å²) in [6.45, 7) is 0.00860. The Labute approximate surface area is 153 Å². The molecule has 2 aliphatic heterocycles. The lowest BCUT2D eigenvalue weighted by atomic mass is 10.1. The van der Waals surface area contributed by atoms with Crippen molar-refractivity contribution in [2.75, 3.05) is 17.7 Å². The number of nitrogens with one attached hydrogen (secondary N) is 1. The Morgan fingerprint density at radius 1 is 1.28 bits per heavy atom. The van der Waals surface area contributed by atoms with E-state index in [2.05, 4.69) is 16.4 Å². The van der Waals surface area contributed by atoms with Crippen LogP contribution in [0.1, 0.15) is 15.9 Å². The molecule has 0 spiro atoms. The summed E-state index contributed by atoms with van der Waals surface area (Å²) in [6, 6.07) is 13.1. The van der Waals surface area contributed by atoms with Gasteiger partial charge in [0.2, 0.25) is 0 Å². The van der Waals surface area contributed by atoms with Gasteiger partial charge in [-0.3, -0.25) is 9.59 Å². The summed E-state index contributed by atoms with van der Waals surface area (Å²) in [5, 5.41) is 2.72. The molecule has 0 unspecified atom stereocenters. The number of ether oxygens (including phenoxy) is 1. The summed E-state index contributed by atoms with van der Waals surface area (Å²) in [4.78, 5) is 28.5. The summed E-state index contributed by atoms with van der Waals surface area (Å²) >= 11 is 3.10. The summed E-state index contributed by atoms with van der Waals surface area (Å²) in [5.41, 5.74) is 3.29. The zero-order chi connectivity index (χ0) is 17.2. The van der Waals surface area contributed by atoms with E-state index in [4.69, 9.17) is 4.74 Å². The molecular formula is C18H14N2O3S2. The summed E-state index contributed by atoms with van der Waals surface area (Å²) < 4.78 is 6.21. The number of amides is 1. The molecular weight excluding hydrogens is 356 g/mol. The Morgan fingerprint density at radius 2 is 2.16 bits per heavy atom. The Bertz CT molecular complexity index is 896. The lowest BCUT2D eigenvalue weighted by molar-refractivity contribution is -0.118. The SMILES string of the molecule is O=C1COc2ccc(C(=O)CSC3=Nc4ccccc4CS3)cc2N1. The minimum Gasteiger partial charge on any atom is -0.482 e. The van der Waals surface area contributed by atoms with Crippen molar-refractivity contribution in [3.05, 3.63) is 53.6 Å². The molecule has 0 saturated carbocycles. The highest BCUT2D eigenvalue weighted by molar-refractivity contribution is 8.38. The first-order valence-corrected chi connectivity index (χ1v) is 9.68. The molecule has 0 radical (unpaired) electrons. The third-order valence-electron chi connectivity index (χ3n) is 3.82. The van der Waals surface area contributed by atoms with Gasteiger partial charge in [0.15, 0.2) is 12.4 Å². The van der Waals surface area contributed by atoms with Crippen molar-refractivity contribution < 1.29 is 14.3 Å². The smallest absolute Gasteiger partial charge is 0.262 e. The van der Waals surface area contributed by atoms with Crippen LogP contribution in [0.3, 0.4) is 0 Å². The van der Waals surface area contributed by atoms with Crippen molar-refractivity contribution in [3.63, 3.8) is 0 Å². The molecule has 1 N–H and O–H groups in total. The highest BCUT2D eigenvalue weighted by Crippen LogP contribution is 2.35. The van der Waals surface area contributed by atoms with E-state index in [1.807, 2.05) is 18.2 Å².